The van der Waals surface area contributed by atoms with E-state index in [1.54, 1.807) is 11.9 Å². The van der Waals surface area contributed by atoms with Crippen molar-refractivity contribution in [2.24, 2.45) is 0 Å². The van der Waals surface area contributed by atoms with Gasteiger partial charge in [0.15, 0.2) is 5.16 Å². The molecule has 1 aromatic heterocycles. The second-order valence-electron chi connectivity index (χ2n) is 4.47. The predicted molar refractivity (Wildman–Crippen MR) is 84.8 cm³/mol. The second-order valence-corrected chi connectivity index (χ2v) is 5.44. The molecular weight excluding hydrogens is 286 g/mol. The SMILES string of the molecule is CCc1cc(=O)[nH]c(SCC(=O)N(C)c2ccccc2)n1. The minimum Gasteiger partial charge on any atom is -0.315 e. The minimum absolute atomic E-state index is 0.0456. The summed E-state index contributed by atoms with van der Waals surface area (Å²) in [6, 6.07) is 10.9. The first kappa shape index (κ1) is 15.3. The van der Waals surface area contributed by atoms with Gasteiger partial charge in [0.1, 0.15) is 0 Å². The summed E-state index contributed by atoms with van der Waals surface area (Å²) in [5, 5.41) is 0.481. The van der Waals surface area contributed by atoms with Gasteiger partial charge in [-0.3, -0.25) is 9.59 Å². The molecule has 21 heavy (non-hydrogen) atoms. The molecule has 2 rings (SSSR count). The van der Waals surface area contributed by atoms with Crippen molar-refractivity contribution in [3.05, 3.63) is 52.4 Å². The molecule has 0 aliphatic rings. The third kappa shape index (κ3) is 4.19. The van der Waals surface area contributed by atoms with E-state index in [0.29, 0.717) is 11.6 Å². The van der Waals surface area contributed by atoms with E-state index in [9.17, 15) is 9.59 Å². The summed E-state index contributed by atoms with van der Waals surface area (Å²) in [6.45, 7) is 1.94. The Morgan fingerprint density at radius 2 is 2.05 bits per heavy atom. The number of aromatic nitrogens is 2. The molecule has 0 spiro atoms. The Hall–Kier alpha value is -2.08. The number of hydrogen-bond donors (Lipinski definition) is 1. The molecule has 1 N–H and O–H groups in total. The number of para-hydroxylation sites is 1. The molecule has 1 heterocycles. The number of nitrogens with one attached hydrogen (secondary N) is 1. The van der Waals surface area contributed by atoms with Crippen LogP contribution in [0.3, 0.4) is 0 Å². The highest BCUT2D eigenvalue weighted by molar-refractivity contribution is 7.99. The molecule has 0 bridgehead atoms. The Kier molecular flexibility index (Phi) is 5.16. The van der Waals surface area contributed by atoms with E-state index >= 15 is 0 Å². The van der Waals surface area contributed by atoms with E-state index in [4.69, 9.17) is 0 Å². The van der Waals surface area contributed by atoms with Crippen molar-refractivity contribution in [2.75, 3.05) is 17.7 Å². The Balaban J connectivity index is 2.01. The highest BCUT2D eigenvalue weighted by atomic mass is 32.2. The standard InChI is InChI=1S/C15H17N3O2S/c1-3-11-9-13(19)17-15(16-11)21-10-14(20)18(2)12-7-5-4-6-8-12/h4-9H,3,10H2,1-2H3,(H,16,17,19). The first-order valence-electron chi connectivity index (χ1n) is 6.64. The number of amides is 1. The van der Waals surface area contributed by atoms with Gasteiger partial charge in [0, 0.05) is 24.5 Å². The molecule has 0 saturated carbocycles. The lowest BCUT2D eigenvalue weighted by molar-refractivity contribution is -0.115. The number of thioether (sulfide) groups is 1. The van der Waals surface area contributed by atoms with Gasteiger partial charge < -0.3 is 9.88 Å². The third-order valence-electron chi connectivity index (χ3n) is 2.99. The fourth-order valence-corrected chi connectivity index (χ4v) is 2.56. The monoisotopic (exact) mass is 303 g/mol. The number of anilines is 1. The summed E-state index contributed by atoms with van der Waals surface area (Å²) in [5.41, 5.74) is 1.38. The Bertz CT molecular complexity index is 670. The molecule has 0 aliphatic heterocycles. The zero-order chi connectivity index (χ0) is 15.2. The number of hydrogen-bond acceptors (Lipinski definition) is 4. The second kappa shape index (κ2) is 7.08. The van der Waals surface area contributed by atoms with Gasteiger partial charge in [-0.05, 0) is 18.6 Å². The van der Waals surface area contributed by atoms with Gasteiger partial charge in [0.25, 0.3) is 5.56 Å². The van der Waals surface area contributed by atoms with Crippen LogP contribution in [0.25, 0.3) is 0 Å². The minimum atomic E-state index is -0.187. The third-order valence-corrected chi connectivity index (χ3v) is 3.84. The summed E-state index contributed by atoms with van der Waals surface area (Å²) < 4.78 is 0. The predicted octanol–water partition coefficient (Wildman–Crippen LogP) is 2.09. The van der Waals surface area contributed by atoms with Gasteiger partial charge in [-0.15, -0.1) is 0 Å². The number of nitrogens with zero attached hydrogens (tertiary/aromatic N) is 2. The maximum absolute atomic E-state index is 12.1. The van der Waals surface area contributed by atoms with Gasteiger partial charge in [-0.25, -0.2) is 4.98 Å². The number of benzene rings is 1. The lowest BCUT2D eigenvalue weighted by atomic mass is 10.3. The molecule has 0 radical (unpaired) electrons. The van der Waals surface area contributed by atoms with Crippen LogP contribution in [-0.4, -0.2) is 28.7 Å². The summed E-state index contributed by atoms with van der Waals surface area (Å²) in [6.07, 6.45) is 0.690. The lowest BCUT2D eigenvalue weighted by Crippen LogP contribution is -2.28. The largest absolute Gasteiger partial charge is 0.315 e. The Morgan fingerprint density at radius 1 is 1.33 bits per heavy atom. The topological polar surface area (TPSA) is 66.1 Å². The number of carbonyl (C=O) groups is 1. The number of aryl methyl sites for hydroxylation is 1. The van der Waals surface area contributed by atoms with Crippen molar-refractivity contribution < 1.29 is 4.79 Å². The van der Waals surface area contributed by atoms with Gasteiger partial charge in [0.2, 0.25) is 5.91 Å². The lowest BCUT2D eigenvalue weighted by Gasteiger charge is -2.16. The highest BCUT2D eigenvalue weighted by Crippen LogP contribution is 2.16. The van der Waals surface area contributed by atoms with E-state index in [-0.39, 0.29) is 17.2 Å². The van der Waals surface area contributed by atoms with Crippen molar-refractivity contribution in [2.45, 2.75) is 18.5 Å². The maximum atomic E-state index is 12.1. The first-order valence-corrected chi connectivity index (χ1v) is 7.63. The van der Waals surface area contributed by atoms with Crippen LogP contribution < -0.4 is 10.5 Å². The van der Waals surface area contributed by atoms with Gasteiger partial charge in [-0.1, -0.05) is 36.9 Å². The number of carbonyl (C=O) groups excluding carboxylic acids is 1. The molecule has 1 aromatic carbocycles. The molecule has 0 aliphatic carbocycles. The van der Waals surface area contributed by atoms with Gasteiger partial charge in [-0.2, -0.15) is 0 Å². The number of rotatable bonds is 5. The molecule has 110 valence electrons. The summed E-state index contributed by atoms with van der Waals surface area (Å²) in [5.74, 6) is 0.178. The molecule has 6 heteroatoms. The molecule has 0 saturated heterocycles. The number of aromatic amines is 1. The zero-order valence-corrected chi connectivity index (χ0v) is 12.8. The highest BCUT2D eigenvalue weighted by Gasteiger charge is 2.12. The van der Waals surface area contributed by atoms with E-state index < -0.39 is 0 Å². The molecule has 1 amide bonds. The summed E-state index contributed by atoms with van der Waals surface area (Å²) in [4.78, 5) is 32.1. The molecule has 5 nitrogen and oxygen atoms in total. The van der Waals surface area contributed by atoms with Crippen LogP contribution in [0.1, 0.15) is 12.6 Å². The van der Waals surface area contributed by atoms with Crippen molar-refractivity contribution in [3.8, 4) is 0 Å². The van der Waals surface area contributed by atoms with Crippen LogP contribution in [0, 0.1) is 0 Å². The molecule has 0 fully saturated rings. The van der Waals surface area contributed by atoms with E-state index in [1.165, 1.54) is 17.8 Å². The number of H-pyrrole nitrogens is 1. The van der Waals surface area contributed by atoms with Crippen molar-refractivity contribution in [1.82, 2.24) is 9.97 Å². The van der Waals surface area contributed by atoms with Gasteiger partial charge >= 0.3 is 0 Å². The zero-order valence-electron chi connectivity index (χ0n) is 12.0. The van der Waals surface area contributed by atoms with Crippen molar-refractivity contribution in [1.29, 1.82) is 0 Å². The fourth-order valence-electron chi connectivity index (χ4n) is 1.76. The first-order chi connectivity index (χ1) is 10.1. The maximum Gasteiger partial charge on any atom is 0.251 e. The average molecular weight is 303 g/mol. The molecule has 0 unspecified atom stereocenters. The van der Waals surface area contributed by atoms with E-state index in [2.05, 4.69) is 9.97 Å². The van der Waals surface area contributed by atoms with Crippen LogP contribution in [0.4, 0.5) is 5.69 Å². The molecule has 2 aromatic rings. The van der Waals surface area contributed by atoms with E-state index in [1.807, 2.05) is 37.3 Å². The Morgan fingerprint density at radius 3 is 2.71 bits per heavy atom. The quantitative estimate of drug-likeness (QED) is 0.678. The molecule has 0 atom stereocenters. The summed E-state index contributed by atoms with van der Waals surface area (Å²) in [7, 11) is 1.73. The summed E-state index contributed by atoms with van der Waals surface area (Å²) >= 11 is 1.24. The van der Waals surface area contributed by atoms with Crippen LogP contribution in [0.15, 0.2) is 46.3 Å². The fraction of sp³-hybridized carbons (Fsp3) is 0.267. The normalized spacial score (nSPS) is 10.4. The van der Waals surface area contributed by atoms with E-state index in [0.717, 1.165) is 11.4 Å². The Labute approximate surface area is 127 Å². The van der Waals surface area contributed by atoms with Crippen LogP contribution in [0.2, 0.25) is 0 Å². The smallest absolute Gasteiger partial charge is 0.251 e. The van der Waals surface area contributed by atoms with Crippen molar-refractivity contribution >= 4 is 23.4 Å². The van der Waals surface area contributed by atoms with Gasteiger partial charge in [0.05, 0.1) is 5.75 Å². The van der Waals surface area contributed by atoms with Crippen molar-refractivity contribution in [3.63, 3.8) is 0 Å². The van der Waals surface area contributed by atoms with Crippen LogP contribution >= 0.6 is 11.8 Å². The van der Waals surface area contributed by atoms with Crippen LogP contribution in [-0.2, 0) is 11.2 Å². The average Bonchev–Trinajstić information content (AvgIpc) is 2.52. The van der Waals surface area contributed by atoms with Crippen LogP contribution in [0.5, 0.6) is 0 Å². The molecular formula is C15H17N3O2S.